The number of imidazole rings is 1. The first-order valence-corrected chi connectivity index (χ1v) is 10.5. The molecule has 2 heteroatoms. The van der Waals surface area contributed by atoms with E-state index in [2.05, 4.69) is 115 Å². The van der Waals surface area contributed by atoms with Gasteiger partial charge in [0.05, 0.1) is 11.4 Å². The quantitative estimate of drug-likeness (QED) is 0.318. The highest BCUT2D eigenvalue weighted by Gasteiger charge is 2.17. The standard InChI is InChI=1S/C28H24N2/c1-3-21-14-16-23(17-15-21)27-28(24-12-8-5-9-13-24)30-19-20(2)25(18-26(30)29-27)22-10-6-4-7-11-22/h4-19H,3H2,1-2H3. The predicted molar refractivity (Wildman–Crippen MR) is 126 cm³/mol. The van der Waals surface area contributed by atoms with Crippen molar-refractivity contribution in [1.82, 2.24) is 9.38 Å². The van der Waals surface area contributed by atoms with Crippen LogP contribution in [-0.4, -0.2) is 9.38 Å². The van der Waals surface area contributed by atoms with Crippen molar-refractivity contribution in [3.05, 3.63) is 108 Å². The third kappa shape index (κ3) is 3.21. The number of fused-ring (bicyclic) bond motifs is 1. The van der Waals surface area contributed by atoms with E-state index in [9.17, 15) is 0 Å². The van der Waals surface area contributed by atoms with Crippen LogP contribution >= 0.6 is 0 Å². The molecule has 2 heterocycles. The molecule has 0 radical (unpaired) electrons. The largest absolute Gasteiger partial charge is 0.299 e. The summed E-state index contributed by atoms with van der Waals surface area (Å²) in [6.45, 7) is 4.36. The van der Waals surface area contributed by atoms with Crippen LogP contribution in [0.1, 0.15) is 18.1 Å². The SMILES string of the molecule is CCc1ccc(-c2nc3cc(-c4ccccc4)c(C)cn3c2-c2ccccc2)cc1. The summed E-state index contributed by atoms with van der Waals surface area (Å²) in [6.07, 6.45) is 3.26. The third-order valence-electron chi connectivity index (χ3n) is 5.73. The second kappa shape index (κ2) is 7.64. The molecule has 2 aromatic heterocycles. The van der Waals surface area contributed by atoms with E-state index in [1.165, 1.54) is 27.8 Å². The van der Waals surface area contributed by atoms with Gasteiger partial charge in [-0.2, -0.15) is 0 Å². The van der Waals surface area contributed by atoms with Crippen molar-refractivity contribution in [2.45, 2.75) is 20.3 Å². The molecule has 0 fully saturated rings. The van der Waals surface area contributed by atoms with Gasteiger partial charge in [-0.15, -0.1) is 0 Å². The highest BCUT2D eigenvalue weighted by atomic mass is 15.0. The van der Waals surface area contributed by atoms with E-state index in [-0.39, 0.29) is 0 Å². The zero-order chi connectivity index (χ0) is 20.5. The van der Waals surface area contributed by atoms with E-state index >= 15 is 0 Å². The molecular weight excluding hydrogens is 364 g/mol. The Bertz CT molecular complexity index is 1300. The van der Waals surface area contributed by atoms with Crippen LogP contribution in [0.2, 0.25) is 0 Å². The monoisotopic (exact) mass is 388 g/mol. The second-order valence-corrected chi connectivity index (χ2v) is 7.69. The number of hydrogen-bond acceptors (Lipinski definition) is 1. The van der Waals surface area contributed by atoms with Gasteiger partial charge in [-0.3, -0.25) is 4.40 Å². The van der Waals surface area contributed by atoms with Gasteiger partial charge in [0.15, 0.2) is 0 Å². The van der Waals surface area contributed by atoms with Crippen LogP contribution in [0, 0.1) is 6.92 Å². The van der Waals surface area contributed by atoms with Crippen LogP contribution in [0.4, 0.5) is 0 Å². The van der Waals surface area contributed by atoms with Crippen molar-refractivity contribution in [1.29, 1.82) is 0 Å². The van der Waals surface area contributed by atoms with Crippen molar-refractivity contribution in [3.63, 3.8) is 0 Å². The van der Waals surface area contributed by atoms with Gasteiger partial charge in [0.2, 0.25) is 0 Å². The molecule has 0 aliphatic carbocycles. The topological polar surface area (TPSA) is 17.3 Å². The number of nitrogens with zero attached hydrogens (tertiary/aromatic N) is 2. The minimum absolute atomic E-state index is 0.966. The Hall–Kier alpha value is -3.65. The van der Waals surface area contributed by atoms with E-state index in [1.807, 2.05) is 0 Å². The summed E-state index contributed by atoms with van der Waals surface area (Å²) in [5.41, 5.74) is 10.5. The van der Waals surface area contributed by atoms with Crippen LogP contribution in [0.15, 0.2) is 97.2 Å². The molecule has 30 heavy (non-hydrogen) atoms. The molecule has 0 unspecified atom stereocenters. The molecule has 0 bridgehead atoms. The van der Waals surface area contributed by atoms with Crippen LogP contribution in [0.5, 0.6) is 0 Å². The molecule has 0 spiro atoms. The number of hydrogen-bond donors (Lipinski definition) is 0. The van der Waals surface area contributed by atoms with E-state index in [0.717, 1.165) is 29.0 Å². The molecule has 0 N–H and O–H groups in total. The summed E-state index contributed by atoms with van der Waals surface area (Å²) in [5, 5.41) is 0. The number of benzene rings is 3. The van der Waals surface area contributed by atoms with E-state index in [0.29, 0.717) is 0 Å². The Morgan fingerprint density at radius 1 is 0.733 bits per heavy atom. The molecule has 0 atom stereocenters. The molecular formula is C28H24N2. The normalized spacial score (nSPS) is 11.1. The van der Waals surface area contributed by atoms with Gasteiger partial charge in [0.1, 0.15) is 5.65 Å². The third-order valence-corrected chi connectivity index (χ3v) is 5.73. The lowest BCUT2D eigenvalue weighted by Crippen LogP contribution is -1.93. The Balaban J connectivity index is 1.77. The van der Waals surface area contributed by atoms with Gasteiger partial charge in [-0.05, 0) is 41.7 Å². The van der Waals surface area contributed by atoms with Crippen LogP contribution in [-0.2, 0) is 6.42 Å². The molecule has 5 aromatic rings. The van der Waals surface area contributed by atoms with Crippen molar-refractivity contribution >= 4 is 5.65 Å². The minimum atomic E-state index is 0.966. The number of rotatable bonds is 4. The maximum Gasteiger partial charge on any atom is 0.138 e. The maximum atomic E-state index is 5.11. The van der Waals surface area contributed by atoms with E-state index in [1.54, 1.807) is 0 Å². The molecule has 0 amide bonds. The van der Waals surface area contributed by atoms with Gasteiger partial charge < -0.3 is 0 Å². The lowest BCUT2D eigenvalue weighted by molar-refractivity contribution is 1.14. The smallest absolute Gasteiger partial charge is 0.138 e. The van der Waals surface area contributed by atoms with Gasteiger partial charge >= 0.3 is 0 Å². The lowest BCUT2D eigenvalue weighted by Gasteiger charge is -2.10. The predicted octanol–water partition coefficient (Wildman–Crippen LogP) is 7.21. The van der Waals surface area contributed by atoms with Crippen LogP contribution < -0.4 is 0 Å². The zero-order valence-electron chi connectivity index (χ0n) is 17.3. The number of aryl methyl sites for hydroxylation is 2. The summed E-state index contributed by atoms with van der Waals surface area (Å²) in [6, 6.07) is 32.1. The fourth-order valence-electron chi connectivity index (χ4n) is 4.09. The Morgan fingerprint density at radius 2 is 1.37 bits per heavy atom. The highest BCUT2D eigenvalue weighted by molar-refractivity contribution is 5.83. The van der Waals surface area contributed by atoms with Crippen LogP contribution in [0.3, 0.4) is 0 Å². The first kappa shape index (κ1) is 18.4. The summed E-state index contributed by atoms with van der Waals surface area (Å²) >= 11 is 0. The van der Waals surface area contributed by atoms with Crippen molar-refractivity contribution < 1.29 is 0 Å². The average molecular weight is 389 g/mol. The van der Waals surface area contributed by atoms with Crippen LogP contribution in [0.25, 0.3) is 39.3 Å². The fourth-order valence-corrected chi connectivity index (χ4v) is 4.09. The molecule has 0 aliphatic heterocycles. The molecule has 5 rings (SSSR count). The first-order valence-electron chi connectivity index (χ1n) is 10.5. The van der Waals surface area contributed by atoms with Gasteiger partial charge in [0, 0.05) is 17.3 Å². The lowest BCUT2D eigenvalue weighted by atomic mass is 10.0. The van der Waals surface area contributed by atoms with Gasteiger partial charge in [-0.1, -0.05) is 91.9 Å². The average Bonchev–Trinajstić information content (AvgIpc) is 3.18. The molecule has 146 valence electrons. The van der Waals surface area contributed by atoms with E-state index in [4.69, 9.17) is 4.98 Å². The minimum Gasteiger partial charge on any atom is -0.299 e. The van der Waals surface area contributed by atoms with Gasteiger partial charge in [-0.25, -0.2) is 4.98 Å². The maximum absolute atomic E-state index is 5.11. The van der Waals surface area contributed by atoms with E-state index < -0.39 is 0 Å². The second-order valence-electron chi connectivity index (χ2n) is 7.69. The van der Waals surface area contributed by atoms with Crippen molar-refractivity contribution in [3.8, 4) is 33.6 Å². The summed E-state index contributed by atoms with van der Waals surface area (Å²) in [7, 11) is 0. The zero-order valence-corrected chi connectivity index (χ0v) is 17.3. The molecule has 0 saturated heterocycles. The Labute approximate surface area is 177 Å². The Morgan fingerprint density at radius 3 is 2.00 bits per heavy atom. The number of pyridine rings is 1. The Kier molecular flexibility index (Phi) is 4.68. The molecule has 3 aromatic carbocycles. The summed E-state index contributed by atoms with van der Waals surface area (Å²) in [5.74, 6) is 0. The number of aromatic nitrogens is 2. The van der Waals surface area contributed by atoms with Crippen molar-refractivity contribution in [2.75, 3.05) is 0 Å². The molecule has 0 aliphatic rings. The highest BCUT2D eigenvalue weighted by Crippen LogP contribution is 2.35. The molecule has 2 nitrogen and oxygen atoms in total. The van der Waals surface area contributed by atoms with Crippen molar-refractivity contribution in [2.24, 2.45) is 0 Å². The first-order chi connectivity index (χ1) is 14.7. The fraction of sp³-hybridized carbons (Fsp3) is 0.107. The van der Waals surface area contributed by atoms with Gasteiger partial charge in [0.25, 0.3) is 0 Å². The summed E-state index contributed by atoms with van der Waals surface area (Å²) in [4.78, 5) is 5.11. The summed E-state index contributed by atoms with van der Waals surface area (Å²) < 4.78 is 2.24. The molecule has 0 saturated carbocycles.